The number of unbranched alkanes of at least 4 members (excludes halogenated alkanes) is 1. The fraction of sp³-hybridized carbons (Fsp3) is 0.600. The number of hydrogen-bond donors (Lipinski definition) is 0. The molecule has 0 bridgehead atoms. The lowest BCUT2D eigenvalue weighted by atomic mass is 9.91. The quantitative estimate of drug-likeness (QED) is 0.661. The highest BCUT2D eigenvalue weighted by Crippen LogP contribution is 2.20. The van der Waals surface area contributed by atoms with Gasteiger partial charge in [-0.25, -0.2) is 0 Å². The van der Waals surface area contributed by atoms with Gasteiger partial charge in [0.15, 0.2) is 5.78 Å². The average Bonchev–Trinajstić information content (AvgIpc) is 2.34. The summed E-state index contributed by atoms with van der Waals surface area (Å²) in [7, 11) is 0. The zero-order valence-electron chi connectivity index (χ0n) is 11.2. The van der Waals surface area contributed by atoms with Gasteiger partial charge in [-0.3, -0.25) is 9.78 Å². The first kappa shape index (κ1) is 13.9. The van der Waals surface area contributed by atoms with Crippen LogP contribution in [0, 0.1) is 12.8 Å². The lowest BCUT2D eigenvalue weighted by Gasteiger charge is -2.13. The topological polar surface area (TPSA) is 30.0 Å². The van der Waals surface area contributed by atoms with Gasteiger partial charge in [-0.15, -0.1) is 0 Å². The van der Waals surface area contributed by atoms with Crippen molar-refractivity contribution < 1.29 is 4.79 Å². The standard InChI is InChI=1S/C15H23NO/c1-4-6-8-13(5-2)11-15(17)14-9-7-10-16-12(14)3/h7,9-10,13H,4-6,8,11H2,1-3H3. The number of rotatable bonds is 7. The highest BCUT2D eigenvalue weighted by atomic mass is 16.1. The van der Waals surface area contributed by atoms with E-state index in [1.807, 2.05) is 19.1 Å². The summed E-state index contributed by atoms with van der Waals surface area (Å²) in [4.78, 5) is 16.3. The molecule has 0 aliphatic heterocycles. The maximum atomic E-state index is 12.2. The molecule has 1 atom stereocenters. The lowest BCUT2D eigenvalue weighted by Crippen LogP contribution is -2.10. The van der Waals surface area contributed by atoms with Crippen LogP contribution in [0.3, 0.4) is 0 Å². The van der Waals surface area contributed by atoms with Crippen molar-refractivity contribution in [2.75, 3.05) is 0 Å². The highest BCUT2D eigenvalue weighted by molar-refractivity contribution is 5.97. The minimum atomic E-state index is 0.249. The molecule has 0 aliphatic rings. The zero-order chi connectivity index (χ0) is 12.7. The molecule has 0 aromatic carbocycles. The Morgan fingerprint density at radius 3 is 2.76 bits per heavy atom. The molecule has 94 valence electrons. The van der Waals surface area contributed by atoms with Crippen LogP contribution in [0.25, 0.3) is 0 Å². The minimum absolute atomic E-state index is 0.249. The minimum Gasteiger partial charge on any atom is -0.294 e. The summed E-state index contributed by atoms with van der Waals surface area (Å²) >= 11 is 0. The van der Waals surface area contributed by atoms with Gasteiger partial charge in [0.25, 0.3) is 0 Å². The van der Waals surface area contributed by atoms with Crippen molar-refractivity contribution in [3.05, 3.63) is 29.6 Å². The summed E-state index contributed by atoms with van der Waals surface area (Å²) in [5.74, 6) is 0.778. The van der Waals surface area contributed by atoms with Gasteiger partial charge in [-0.2, -0.15) is 0 Å². The van der Waals surface area contributed by atoms with Crippen molar-refractivity contribution in [1.82, 2.24) is 4.98 Å². The summed E-state index contributed by atoms with van der Waals surface area (Å²) < 4.78 is 0. The predicted molar refractivity (Wildman–Crippen MR) is 71.2 cm³/mol. The number of carbonyl (C=O) groups excluding carboxylic acids is 1. The van der Waals surface area contributed by atoms with E-state index >= 15 is 0 Å². The molecule has 1 aromatic rings. The van der Waals surface area contributed by atoms with Gasteiger partial charge in [0, 0.05) is 23.9 Å². The summed E-state index contributed by atoms with van der Waals surface area (Å²) in [6.07, 6.45) is 7.08. The van der Waals surface area contributed by atoms with Crippen LogP contribution in [0.1, 0.15) is 62.0 Å². The number of pyridine rings is 1. The molecular formula is C15H23NO. The third-order valence-corrected chi connectivity index (χ3v) is 3.32. The summed E-state index contributed by atoms with van der Waals surface area (Å²) in [5.41, 5.74) is 1.64. The van der Waals surface area contributed by atoms with Crippen LogP contribution in [-0.4, -0.2) is 10.8 Å². The van der Waals surface area contributed by atoms with Crippen LogP contribution in [-0.2, 0) is 0 Å². The molecule has 0 spiro atoms. The molecule has 2 heteroatoms. The van der Waals surface area contributed by atoms with Gasteiger partial charge in [0.1, 0.15) is 0 Å². The summed E-state index contributed by atoms with van der Waals surface area (Å²) in [5, 5.41) is 0. The molecule has 0 amide bonds. The van der Waals surface area contributed by atoms with E-state index in [0.717, 1.165) is 24.1 Å². The monoisotopic (exact) mass is 233 g/mol. The third-order valence-electron chi connectivity index (χ3n) is 3.32. The van der Waals surface area contributed by atoms with Crippen molar-refractivity contribution in [2.45, 2.75) is 52.9 Å². The van der Waals surface area contributed by atoms with E-state index in [4.69, 9.17) is 0 Å². The van der Waals surface area contributed by atoms with Gasteiger partial charge < -0.3 is 0 Å². The van der Waals surface area contributed by atoms with Crippen LogP contribution >= 0.6 is 0 Å². The predicted octanol–water partition coefficient (Wildman–Crippen LogP) is 4.18. The molecule has 0 aliphatic carbocycles. The number of Topliss-reactive ketones (excluding diaryl/α,β-unsaturated/α-hetero) is 1. The number of carbonyl (C=O) groups is 1. The van der Waals surface area contributed by atoms with Crippen LogP contribution < -0.4 is 0 Å². The molecule has 17 heavy (non-hydrogen) atoms. The molecule has 1 unspecified atom stereocenters. The zero-order valence-corrected chi connectivity index (χ0v) is 11.2. The van der Waals surface area contributed by atoms with E-state index in [9.17, 15) is 4.79 Å². The van der Waals surface area contributed by atoms with Crippen molar-refractivity contribution in [3.63, 3.8) is 0 Å². The number of hydrogen-bond acceptors (Lipinski definition) is 2. The summed E-state index contributed by atoms with van der Waals surface area (Å²) in [6, 6.07) is 3.73. The molecule has 2 nitrogen and oxygen atoms in total. The first-order chi connectivity index (χ1) is 8.19. The number of aromatic nitrogens is 1. The Morgan fingerprint density at radius 1 is 1.41 bits per heavy atom. The Morgan fingerprint density at radius 2 is 2.18 bits per heavy atom. The third kappa shape index (κ3) is 4.29. The molecule has 0 radical (unpaired) electrons. The largest absolute Gasteiger partial charge is 0.294 e. The lowest BCUT2D eigenvalue weighted by molar-refractivity contribution is 0.0956. The van der Waals surface area contributed by atoms with Gasteiger partial charge in [-0.05, 0) is 25.0 Å². The second-order valence-electron chi connectivity index (χ2n) is 4.68. The molecule has 0 N–H and O–H groups in total. The van der Waals surface area contributed by atoms with E-state index in [-0.39, 0.29) is 5.78 Å². The Bertz CT molecular complexity index is 360. The number of aryl methyl sites for hydroxylation is 1. The molecule has 1 rings (SSSR count). The van der Waals surface area contributed by atoms with E-state index < -0.39 is 0 Å². The molecule has 0 saturated carbocycles. The second-order valence-corrected chi connectivity index (χ2v) is 4.68. The van der Waals surface area contributed by atoms with Crippen LogP contribution in [0.15, 0.2) is 18.3 Å². The Balaban J connectivity index is 2.61. The van der Waals surface area contributed by atoms with Crippen molar-refractivity contribution >= 4 is 5.78 Å². The Hall–Kier alpha value is -1.18. The van der Waals surface area contributed by atoms with Crippen LogP contribution in [0.2, 0.25) is 0 Å². The van der Waals surface area contributed by atoms with Crippen molar-refractivity contribution in [3.8, 4) is 0 Å². The van der Waals surface area contributed by atoms with Gasteiger partial charge >= 0.3 is 0 Å². The smallest absolute Gasteiger partial charge is 0.164 e. The molecule has 0 saturated heterocycles. The number of nitrogens with zero attached hydrogens (tertiary/aromatic N) is 1. The first-order valence-corrected chi connectivity index (χ1v) is 6.63. The van der Waals surface area contributed by atoms with E-state index in [2.05, 4.69) is 18.8 Å². The van der Waals surface area contributed by atoms with Gasteiger partial charge in [-0.1, -0.05) is 39.5 Å². The summed E-state index contributed by atoms with van der Waals surface area (Å²) in [6.45, 7) is 6.27. The van der Waals surface area contributed by atoms with E-state index in [1.54, 1.807) is 6.20 Å². The highest BCUT2D eigenvalue weighted by Gasteiger charge is 2.15. The SMILES string of the molecule is CCCCC(CC)CC(=O)c1cccnc1C. The van der Waals surface area contributed by atoms with Crippen molar-refractivity contribution in [2.24, 2.45) is 5.92 Å². The maximum Gasteiger partial charge on any atom is 0.164 e. The molecule has 1 aromatic heterocycles. The van der Waals surface area contributed by atoms with Gasteiger partial charge in [0.05, 0.1) is 0 Å². The average molecular weight is 233 g/mol. The fourth-order valence-corrected chi connectivity index (χ4v) is 2.09. The van der Waals surface area contributed by atoms with Crippen LogP contribution in [0.5, 0.6) is 0 Å². The van der Waals surface area contributed by atoms with Crippen LogP contribution in [0.4, 0.5) is 0 Å². The maximum absolute atomic E-state index is 12.2. The normalized spacial score (nSPS) is 12.4. The second kappa shape index (κ2) is 7.21. The Kier molecular flexibility index (Phi) is 5.88. The van der Waals surface area contributed by atoms with E-state index in [0.29, 0.717) is 12.3 Å². The molecular weight excluding hydrogens is 210 g/mol. The number of ketones is 1. The fourth-order valence-electron chi connectivity index (χ4n) is 2.09. The first-order valence-electron chi connectivity index (χ1n) is 6.63. The van der Waals surface area contributed by atoms with E-state index in [1.165, 1.54) is 12.8 Å². The molecule has 1 heterocycles. The van der Waals surface area contributed by atoms with Crippen molar-refractivity contribution in [1.29, 1.82) is 0 Å². The Labute approximate surface area is 104 Å². The van der Waals surface area contributed by atoms with Gasteiger partial charge in [0.2, 0.25) is 0 Å². The molecule has 0 fully saturated rings.